The average molecular weight is 344 g/mol. The highest BCUT2D eigenvalue weighted by Gasteiger charge is 2.13. The molecule has 0 spiro atoms. The van der Waals surface area contributed by atoms with E-state index in [2.05, 4.69) is 30.5 Å². The smallest absolute Gasteiger partial charge is 0.247 e. The first kappa shape index (κ1) is 15.9. The molecule has 0 saturated heterocycles. The van der Waals surface area contributed by atoms with Gasteiger partial charge in [-0.15, -0.1) is 5.10 Å². The van der Waals surface area contributed by atoms with Crippen LogP contribution >= 0.6 is 0 Å². The van der Waals surface area contributed by atoms with Gasteiger partial charge in [-0.25, -0.2) is 9.97 Å². The number of benzene rings is 2. The standard InChI is InChI=1S/C19H16N6O/c1-11(26)14-8-9-15-16(10-14)21-17(13-6-4-3-5-7-13)22-18(15)23-19-20-12(2)24-25-19/h3-10H,1-2H3,(H2,20,21,22,23,24,25). The summed E-state index contributed by atoms with van der Waals surface area (Å²) in [6, 6.07) is 15.1. The largest absolute Gasteiger partial charge is 0.307 e. The lowest BCUT2D eigenvalue weighted by atomic mass is 10.1. The molecule has 0 amide bonds. The first-order chi connectivity index (χ1) is 12.6. The monoisotopic (exact) mass is 344 g/mol. The molecule has 0 saturated carbocycles. The molecule has 0 radical (unpaired) electrons. The quantitative estimate of drug-likeness (QED) is 0.548. The Balaban J connectivity index is 1.90. The molecular formula is C19H16N6O. The Kier molecular flexibility index (Phi) is 3.89. The van der Waals surface area contributed by atoms with Crippen molar-refractivity contribution in [3.05, 3.63) is 59.9 Å². The number of nitrogens with one attached hydrogen (secondary N) is 2. The van der Waals surface area contributed by atoms with E-state index in [0.29, 0.717) is 34.5 Å². The van der Waals surface area contributed by atoms with E-state index < -0.39 is 0 Å². The molecule has 4 rings (SSSR count). The summed E-state index contributed by atoms with van der Waals surface area (Å²) in [5.74, 6) is 2.27. The van der Waals surface area contributed by atoms with Gasteiger partial charge in [-0.05, 0) is 26.0 Å². The molecule has 2 N–H and O–H groups in total. The Morgan fingerprint density at radius 1 is 1.04 bits per heavy atom. The van der Waals surface area contributed by atoms with Gasteiger partial charge in [-0.1, -0.05) is 36.4 Å². The number of rotatable bonds is 4. The first-order valence-electron chi connectivity index (χ1n) is 8.14. The summed E-state index contributed by atoms with van der Waals surface area (Å²) in [5, 5.41) is 10.8. The Morgan fingerprint density at radius 2 is 1.85 bits per heavy atom. The van der Waals surface area contributed by atoms with Crippen LogP contribution in [0.15, 0.2) is 48.5 Å². The van der Waals surface area contributed by atoms with Gasteiger partial charge >= 0.3 is 0 Å². The predicted octanol–water partition coefficient (Wildman–Crippen LogP) is 3.67. The van der Waals surface area contributed by atoms with Crippen molar-refractivity contribution in [3.8, 4) is 11.4 Å². The molecule has 2 aromatic carbocycles. The van der Waals surface area contributed by atoms with Crippen molar-refractivity contribution in [2.45, 2.75) is 13.8 Å². The number of carbonyl (C=O) groups excluding carboxylic acids is 1. The van der Waals surface area contributed by atoms with Crippen LogP contribution in [0, 0.1) is 6.92 Å². The number of nitrogens with zero attached hydrogens (tertiary/aromatic N) is 4. The van der Waals surface area contributed by atoms with Crippen LogP contribution in [0.25, 0.3) is 22.3 Å². The molecule has 0 bridgehead atoms. The second-order valence-electron chi connectivity index (χ2n) is 5.92. The van der Waals surface area contributed by atoms with Gasteiger partial charge in [0.25, 0.3) is 0 Å². The molecule has 0 aliphatic carbocycles. The molecule has 7 heteroatoms. The fraction of sp³-hybridized carbons (Fsp3) is 0.105. The van der Waals surface area contributed by atoms with Gasteiger partial charge in [0.1, 0.15) is 11.6 Å². The van der Waals surface area contributed by atoms with E-state index in [1.54, 1.807) is 12.1 Å². The van der Waals surface area contributed by atoms with Gasteiger partial charge in [-0.3, -0.25) is 9.89 Å². The summed E-state index contributed by atoms with van der Waals surface area (Å²) in [5.41, 5.74) is 2.17. The highest BCUT2D eigenvalue weighted by Crippen LogP contribution is 2.27. The van der Waals surface area contributed by atoms with E-state index >= 15 is 0 Å². The number of fused-ring (bicyclic) bond motifs is 1. The van der Waals surface area contributed by atoms with Crippen molar-refractivity contribution in [1.82, 2.24) is 25.1 Å². The molecule has 128 valence electrons. The van der Waals surface area contributed by atoms with Crippen molar-refractivity contribution < 1.29 is 4.79 Å². The lowest BCUT2D eigenvalue weighted by Gasteiger charge is -2.10. The van der Waals surface area contributed by atoms with Crippen molar-refractivity contribution in [2.75, 3.05) is 5.32 Å². The lowest BCUT2D eigenvalue weighted by Crippen LogP contribution is -2.02. The highest BCUT2D eigenvalue weighted by molar-refractivity contribution is 6.00. The fourth-order valence-corrected chi connectivity index (χ4v) is 2.66. The summed E-state index contributed by atoms with van der Waals surface area (Å²) in [6.45, 7) is 3.36. The zero-order valence-electron chi connectivity index (χ0n) is 14.3. The van der Waals surface area contributed by atoms with Gasteiger partial charge in [0.15, 0.2) is 11.6 Å². The average Bonchev–Trinajstić information content (AvgIpc) is 3.06. The molecular weight excluding hydrogens is 328 g/mol. The predicted molar refractivity (Wildman–Crippen MR) is 99.4 cm³/mol. The number of aryl methyl sites for hydroxylation is 1. The van der Waals surface area contributed by atoms with Gasteiger partial charge in [-0.2, -0.15) is 4.98 Å². The van der Waals surface area contributed by atoms with E-state index in [1.165, 1.54) is 6.92 Å². The fourth-order valence-electron chi connectivity index (χ4n) is 2.66. The second-order valence-corrected chi connectivity index (χ2v) is 5.92. The van der Waals surface area contributed by atoms with Crippen LogP contribution in [0.4, 0.5) is 11.8 Å². The molecule has 0 fully saturated rings. The number of anilines is 2. The van der Waals surface area contributed by atoms with Crippen LogP contribution in [0.3, 0.4) is 0 Å². The number of Topliss-reactive ketones (excluding diaryl/α,β-unsaturated/α-hetero) is 1. The minimum absolute atomic E-state index is 0.00845. The zero-order chi connectivity index (χ0) is 18.1. The number of ketones is 1. The summed E-state index contributed by atoms with van der Waals surface area (Å²) in [6.07, 6.45) is 0. The molecule has 2 aromatic heterocycles. The van der Waals surface area contributed by atoms with E-state index in [-0.39, 0.29) is 5.78 Å². The van der Waals surface area contributed by atoms with Crippen molar-refractivity contribution in [1.29, 1.82) is 0 Å². The third-order valence-corrected chi connectivity index (χ3v) is 3.96. The van der Waals surface area contributed by atoms with Crippen LogP contribution in [0.2, 0.25) is 0 Å². The maximum absolute atomic E-state index is 11.7. The maximum atomic E-state index is 11.7. The molecule has 2 heterocycles. The SMILES string of the molecule is CC(=O)c1ccc2c(Nc3n[nH]c(C)n3)nc(-c3ccccc3)nc2c1. The zero-order valence-corrected chi connectivity index (χ0v) is 14.3. The van der Waals surface area contributed by atoms with Crippen LogP contribution in [-0.2, 0) is 0 Å². The topological polar surface area (TPSA) is 96.5 Å². The van der Waals surface area contributed by atoms with E-state index in [1.807, 2.05) is 43.3 Å². The van der Waals surface area contributed by atoms with Crippen LogP contribution in [0.5, 0.6) is 0 Å². The van der Waals surface area contributed by atoms with Gasteiger partial charge < -0.3 is 5.32 Å². The van der Waals surface area contributed by atoms with E-state index in [9.17, 15) is 4.79 Å². The van der Waals surface area contributed by atoms with Gasteiger partial charge in [0.05, 0.1) is 5.52 Å². The van der Waals surface area contributed by atoms with E-state index in [4.69, 9.17) is 0 Å². The third kappa shape index (κ3) is 3.02. The van der Waals surface area contributed by atoms with Crippen LogP contribution in [-0.4, -0.2) is 30.9 Å². The number of hydrogen-bond acceptors (Lipinski definition) is 6. The number of H-pyrrole nitrogens is 1. The normalized spacial score (nSPS) is 10.8. The molecule has 0 unspecified atom stereocenters. The molecule has 0 aliphatic heterocycles. The first-order valence-corrected chi connectivity index (χ1v) is 8.14. The number of hydrogen-bond donors (Lipinski definition) is 2. The van der Waals surface area contributed by atoms with Gasteiger partial charge in [0, 0.05) is 16.5 Å². The van der Waals surface area contributed by atoms with Crippen LogP contribution < -0.4 is 5.32 Å². The summed E-state index contributed by atoms with van der Waals surface area (Å²) < 4.78 is 0. The van der Waals surface area contributed by atoms with Gasteiger partial charge in [0.2, 0.25) is 5.95 Å². The summed E-state index contributed by atoms with van der Waals surface area (Å²) in [7, 11) is 0. The minimum Gasteiger partial charge on any atom is -0.307 e. The van der Waals surface area contributed by atoms with Crippen molar-refractivity contribution in [2.24, 2.45) is 0 Å². The molecule has 0 atom stereocenters. The van der Waals surface area contributed by atoms with Crippen molar-refractivity contribution in [3.63, 3.8) is 0 Å². The Bertz CT molecular complexity index is 1100. The lowest BCUT2D eigenvalue weighted by molar-refractivity contribution is 0.101. The molecule has 4 aromatic rings. The molecule has 26 heavy (non-hydrogen) atoms. The number of aromatic nitrogens is 5. The van der Waals surface area contributed by atoms with Crippen molar-refractivity contribution >= 4 is 28.5 Å². The molecule has 0 aliphatic rings. The third-order valence-electron chi connectivity index (χ3n) is 3.96. The van der Waals surface area contributed by atoms with E-state index in [0.717, 1.165) is 10.9 Å². The molecule has 7 nitrogen and oxygen atoms in total. The number of carbonyl (C=O) groups is 1. The Hall–Kier alpha value is -3.61. The summed E-state index contributed by atoms with van der Waals surface area (Å²) >= 11 is 0. The number of aromatic amines is 1. The highest BCUT2D eigenvalue weighted by atomic mass is 16.1. The second kappa shape index (κ2) is 6.36. The maximum Gasteiger partial charge on any atom is 0.247 e. The minimum atomic E-state index is -0.00845. The van der Waals surface area contributed by atoms with Crippen LogP contribution in [0.1, 0.15) is 23.1 Å². The Labute approximate surface area is 149 Å². The summed E-state index contributed by atoms with van der Waals surface area (Å²) in [4.78, 5) is 25.3. The Morgan fingerprint density at radius 3 is 2.54 bits per heavy atom.